The van der Waals surface area contributed by atoms with Gasteiger partial charge in [0.1, 0.15) is 11.3 Å². The van der Waals surface area contributed by atoms with Crippen LogP contribution in [0.4, 0.5) is 0 Å². The van der Waals surface area contributed by atoms with E-state index >= 15 is 0 Å². The van der Waals surface area contributed by atoms with Gasteiger partial charge >= 0.3 is 0 Å². The summed E-state index contributed by atoms with van der Waals surface area (Å²) in [6, 6.07) is 6.68. The van der Waals surface area contributed by atoms with Crippen LogP contribution in [-0.2, 0) is 11.3 Å². The Hall–Kier alpha value is -2.43. The molecule has 0 saturated carbocycles. The Morgan fingerprint density at radius 3 is 2.67 bits per heavy atom. The molecule has 0 bridgehead atoms. The number of fused-ring (bicyclic) bond motifs is 1. The molecule has 0 unspecified atom stereocenters. The first-order valence-electron chi connectivity index (χ1n) is 5.45. The van der Waals surface area contributed by atoms with Crippen LogP contribution in [0.15, 0.2) is 29.1 Å². The number of carbonyl (C=O) groups excluding carboxylic acids is 2. The Bertz CT molecular complexity index is 700. The number of nitrogens with zero attached hydrogens (tertiary/aromatic N) is 1. The minimum Gasteiger partial charge on any atom is -0.506 e. The molecule has 0 aliphatic carbocycles. The van der Waals surface area contributed by atoms with Crippen molar-refractivity contribution >= 4 is 23.0 Å². The molecule has 1 aromatic carbocycles. The molecule has 1 N–H and O–H groups in total. The van der Waals surface area contributed by atoms with Crippen molar-refractivity contribution in [2.24, 2.45) is 0 Å². The van der Waals surface area contributed by atoms with Crippen LogP contribution in [0, 0.1) is 0 Å². The van der Waals surface area contributed by atoms with Crippen LogP contribution in [0.25, 0.3) is 10.9 Å². The molecule has 0 saturated heterocycles. The Kier molecular flexibility index (Phi) is 2.97. The molecule has 1 heterocycles. The van der Waals surface area contributed by atoms with Crippen LogP contribution in [-0.4, -0.2) is 21.7 Å². The topological polar surface area (TPSA) is 76.4 Å². The Morgan fingerprint density at radius 2 is 2.06 bits per heavy atom. The number of ketones is 1. The summed E-state index contributed by atoms with van der Waals surface area (Å²) in [6.07, 6.45) is 0.0330. The van der Waals surface area contributed by atoms with Crippen molar-refractivity contribution in [3.05, 3.63) is 40.2 Å². The van der Waals surface area contributed by atoms with Gasteiger partial charge in [0.05, 0.1) is 5.52 Å². The van der Waals surface area contributed by atoms with Crippen LogP contribution in [0.3, 0.4) is 0 Å². The number of hydrogen-bond acceptors (Lipinski definition) is 4. The molecule has 0 radical (unpaired) electrons. The maximum atomic E-state index is 12.1. The summed E-state index contributed by atoms with van der Waals surface area (Å²) in [5.41, 5.74) is -0.582. The van der Waals surface area contributed by atoms with Crippen LogP contribution in [0.1, 0.15) is 17.3 Å². The highest BCUT2D eigenvalue weighted by molar-refractivity contribution is 6.34. The predicted octanol–water partition coefficient (Wildman–Crippen LogP) is 1.11. The minimum absolute atomic E-state index is 0.0330. The SMILES string of the molecule is CCn1c(=O)c(C(=O)C=O)c(O)c2ccccc21. The fourth-order valence-corrected chi connectivity index (χ4v) is 1.98. The average molecular weight is 245 g/mol. The maximum absolute atomic E-state index is 12.1. The Balaban J connectivity index is 3.02. The van der Waals surface area contributed by atoms with Gasteiger partial charge < -0.3 is 9.67 Å². The smallest absolute Gasteiger partial charge is 0.266 e. The van der Waals surface area contributed by atoms with Gasteiger partial charge in [-0.15, -0.1) is 0 Å². The van der Waals surface area contributed by atoms with E-state index in [9.17, 15) is 19.5 Å². The van der Waals surface area contributed by atoms with E-state index in [0.717, 1.165) is 0 Å². The number of aromatic hydroxyl groups is 1. The van der Waals surface area contributed by atoms with E-state index in [2.05, 4.69) is 0 Å². The van der Waals surface area contributed by atoms with Gasteiger partial charge in [-0.25, -0.2) is 0 Å². The number of benzene rings is 1. The van der Waals surface area contributed by atoms with Gasteiger partial charge in [-0.05, 0) is 19.1 Å². The van der Waals surface area contributed by atoms with E-state index in [1.807, 2.05) is 0 Å². The molecule has 0 fully saturated rings. The van der Waals surface area contributed by atoms with E-state index in [-0.39, 0.29) is 6.29 Å². The summed E-state index contributed by atoms with van der Waals surface area (Å²) in [5.74, 6) is -1.44. The third kappa shape index (κ3) is 1.60. The molecule has 2 aromatic rings. The quantitative estimate of drug-likeness (QED) is 0.499. The number of rotatable bonds is 3. The second-order valence-electron chi connectivity index (χ2n) is 3.77. The van der Waals surface area contributed by atoms with Crippen molar-refractivity contribution in [3.8, 4) is 5.75 Å². The fourth-order valence-electron chi connectivity index (χ4n) is 1.98. The molecule has 1 aromatic heterocycles. The Labute approximate surface area is 102 Å². The van der Waals surface area contributed by atoms with Gasteiger partial charge in [-0.1, -0.05) is 12.1 Å². The molecule has 0 spiro atoms. The number of pyridine rings is 1. The molecule has 0 amide bonds. The summed E-state index contributed by atoms with van der Waals surface area (Å²) in [4.78, 5) is 34.0. The zero-order valence-corrected chi connectivity index (χ0v) is 9.71. The van der Waals surface area contributed by atoms with Gasteiger partial charge in [-0.3, -0.25) is 14.4 Å². The van der Waals surface area contributed by atoms with Gasteiger partial charge in [0.2, 0.25) is 5.78 Å². The lowest BCUT2D eigenvalue weighted by molar-refractivity contribution is -0.104. The van der Waals surface area contributed by atoms with Crippen LogP contribution in [0.2, 0.25) is 0 Å². The van der Waals surface area contributed by atoms with Crippen molar-refractivity contribution < 1.29 is 14.7 Å². The molecule has 5 nitrogen and oxygen atoms in total. The summed E-state index contributed by atoms with van der Waals surface area (Å²) < 4.78 is 1.35. The van der Waals surface area contributed by atoms with Crippen LogP contribution >= 0.6 is 0 Å². The van der Waals surface area contributed by atoms with Crippen molar-refractivity contribution in [2.45, 2.75) is 13.5 Å². The third-order valence-electron chi connectivity index (χ3n) is 2.82. The van der Waals surface area contributed by atoms with Crippen molar-refractivity contribution in [3.63, 3.8) is 0 Å². The third-order valence-corrected chi connectivity index (χ3v) is 2.82. The van der Waals surface area contributed by atoms with Gasteiger partial charge in [0, 0.05) is 11.9 Å². The molecule has 92 valence electrons. The molecule has 2 rings (SSSR count). The normalized spacial score (nSPS) is 10.5. The van der Waals surface area contributed by atoms with Gasteiger partial charge in [0.25, 0.3) is 5.56 Å². The fraction of sp³-hybridized carbons (Fsp3) is 0.154. The maximum Gasteiger partial charge on any atom is 0.266 e. The number of para-hydroxylation sites is 1. The number of aromatic nitrogens is 1. The minimum atomic E-state index is -1.01. The molecule has 0 aliphatic heterocycles. The number of carbonyl (C=O) groups is 2. The van der Waals surface area contributed by atoms with Crippen LogP contribution in [0.5, 0.6) is 5.75 Å². The lowest BCUT2D eigenvalue weighted by Crippen LogP contribution is -2.26. The monoisotopic (exact) mass is 245 g/mol. The number of Topliss-reactive ketones (excluding diaryl/α,β-unsaturated/α-hetero) is 1. The van der Waals surface area contributed by atoms with E-state index in [1.54, 1.807) is 31.2 Å². The predicted molar refractivity (Wildman–Crippen MR) is 65.9 cm³/mol. The Morgan fingerprint density at radius 1 is 1.39 bits per heavy atom. The van der Waals surface area contributed by atoms with Crippen molar-refractivity contribution in [1.29, 1.82) is 0 Å². The summed E-state index contributed by atoms with van der Waals surface area (Å²) >= 11 is 0. The molecule has 0 atom stereocenters. The van der Waals surface area contributed by atoms with Gasteiger partial charge in [0.15, 0.2) is 6.29 Å². The lowest BCUT2D eigenvalue weighted by Gasteiger charge is -2.11. The van der Waals surface area contributed by atoms with E-state index in [1.165, 1.54) is 4.57 Å². The highest BCUT2D eigenvalue weighted by Crippen LogP contribution is 2.26. The number of aldehydes is 1. The molecular formula is C13H11NO4. The van der Waals surface area contributed by atoms with Crippen molar-refractivity contribution in [2.75, 3.05) is 0 Å². The number of hydrogen-bond donors (Lipinski definition) is 1. The molecular weight excluding hydrogens is 234 g/mol. The second-order valence-corrected chi connectivity index (χ2v) is 3.77. The summed E-state index contributed by atoms with van der Waals surface area (Å²) in [6.45, 7) is 2.10. The van der Waals surface area contributed by atoms with Crippen LogP contribution < -0.4 is 5.56 Å². The van der Waals surface area contributed by atoms with Crippen molar-refractivity contribution in [1.82, 2.24) is 4.57 Å². The van der Waals surface area contributed by atoms with E-state index in [4.69, 9.17) is 0 Å². The molecule has 18 heavy (non-hydrogen) atoms. The molecule has 0 aliphatic rings. The summed E-state index contributed by atoms with van der Waals surface area (Å²) in [7, 11) is 0. The van der Waals surface area contributed by atoms with E-state index in [0.29, 0.717) is 17.4 Å². The second kappa shape index (κ2) is 4.44. The first-order valence-corrected chi connectivity index (χ1v) is 5.45. The van der Waals surface area contributed by atoms with E-state index < -0.39 is 22.7 Å². The first kappa shape index (κ1) is 12.0. The highest BCUT2D eigenvalue weighted by atomic mass is 16.3. The largest absolute Gasteiger partial charge is 0.506 e. The number of aryl methyl sites for hydroxylation is 1. The summed E-state index contributed by atoms with van der Waals surface area (Å²) in [5, 5.41) is 10.3. The first-order chi connectivity index (χ1) is 8.61. The lowest BCUT2D eigenvalue weighted by atomic mass is 10.1. The zero-order chi connectivity index (χ0) is 13.3. The standard InChI is InChI=1S/C13H11NO4/c1-2-14-9-6-4-3-5-8(9)12(17)11(13(14)18)10(16)7-15/h3-7,17H,2H2,1H3. The molecule has 5 heteroatoms. The zero-order valence-electron chi connectivity index (χ0n) is 9.71. The van der Waals surface area contributed by atoms with Gasteiger partial charge in [-0.2, -0.15) is 0 Å². The highest BCUT2D eigenvalue weighted by Gasteiger charge is 2.20. The average Bonchev–Trinajstić information content (AvgIpc) is 2.39.